The van der Waals surface area contributed by atoms with Crippen molar-refractivity contribution in [1.82, 2.24) is 9.88 Å². The predicted octanol–water partition coefficient (Wildman–Crippen LogP) is 3.48. The molecule has 1 amide bonds. The number of rotatable bonds is 5. The Balaban J connectivity index is 1.53. The van der Waals surface area contributed by atoms with Gasteiger partial charge in [-0.2, -0.15) is 0 Å². The second kappa shape index (κ2) is 8.57. The summed E-state index contributed by atoms with van der Waals surface area (Å²) in [5.41, 5.74) is 1.87. The zero-order chi connectivity index (χ0) is 22.2. The summed E-state index contributed by atoms with van der Waals surface area (Å²) in [5, 5.41) is 3.33. The van der Waals surface area contributed by atoms with Gasteiger partial charge >= 0.3 is 0 Å². The van der Waals surface area contributed by atoms with Crippen molar-refractivity contribution < 1.29 is 13.2 Å². The minimum absolute atomic E-state index is 0.157. The fourth-order valence-electron chi connectivity index (χ4n) is 3.41. The molecule has 1 aliphatic heterocycles. The summed E-state index contributed by atoms with van der Waals surface area (Å²) in [4.78, 5) is 22.2. The largest absolute Gasteiger partial charge is 0.345 e. The molecule has 2 aromatic carbocycles. The number of nitrogens with one attached hydrogen (secondary N) is 1. The zero-order valence-corrected chi connectivity index (χ0v) is 19.5. The van der Waals surface area contributed by atoms with Gasteiger partial charge in [0.25, 0.3) is 5.91 Å². The van der Waals surface area contributed by atoms with Crippen LogP contribution in [-0.4, -0.2) is 62.7 Å². The van der Waals surface area contributed by atoms with Gasteiger partial charge in [0.1, 0.15) is 0 Å². The summed E-state index contributed by atoms with van der Waals surface area (Å²) in [7, 11) is -1.32. The average molecular weight is 459 g/mol. The van der Waals surface area contributed by atoms with Crippen LogP contribution in [0.4, 0.5) is 10.8 Å². The fraction of sp³-hybridized carbons (Fsp3) is 0.364. The second-order valence-corrected chi connectivity index (χ2v) is 11.6. The minimum Gasteiger partial charge on any atom is -0.345 e. The lowest BCUT2D eigenvalue weighted by molar-refractivity contribution is 0.102. The summed E-state index contributed by atoms with van der Waals surface area (Å²) in [6.07, 6.45) is 0. The molecular weight excluding hydrogens is 432 g/mol. The van der Waals surface area contributed by atoms with E-state index in [0.29, 0.717) is 11.3 Å². The third kappa shape index (κ3) is 4.58. The second-order valence-electron chi connectivity index (χ2n) is 8.04. The van der Waals surface area contributed by atoms with Gasteiger partial charge in [0.2, 0.25) is 0 Å². The van der Waals surface area contributed by atoms with Crippen LogP contribution in [0.5, 0.6) is 0 Å². The molecule has 1 saturated heterocycles. The van der Waals surface area contributed by atoms with Gasteiger partial charge < -0.3 is 15.1 Å². The Bertz CT molecular complexity index is 1210. The lowest BCUT2D eigenvalue weighted by atomic mass is 10.2. The SMILES string of the molecule is CC(C)S(=O)(=O)c1cccc(C(=O)Nc2ccc3nc(N4CCN(C)CC4)sc3c2)c1. The maximum absolute atomic E-state index is 12.8. The van der Waals surface area contributed by atoms with Gasteiger partial charge in [0, 0.05) is 37.4 Å². The number of thiazole rings is 1. The Kier molecular flexibility index (Phi) is 6.00. The van der Waals surface area contributed by atoms with E-state index in [4.69, 9.17) is 4.98 Å². The van der Waals surface area contributed by atoms with Gasteiger partial charge in [-0.25, -0.2) is 13.4 Å². The maximum Gasteiger partial charge on any atom is 0.255 e. The van der Waals surface area contributed by atoms with Crippen molar-refractivity contribution in [2.45, 2.75) is 24.0 Å². The highest BCUT2D eigenvalue weighted by atomic mass is 32.2. The zero-order valence-electron chi connectivity index (χ0n) is 17.8. The van der Waals surface area contributed by atoms with Crippen LogP contribution >= 0.6 is 11.3 Å². The molecule has 2 heterocycles. The number of carbonyl (C=O) groups excluding carboxylic acids is 1. The van der Waals surface area contributed by atoms with Gasteiger partial charge in [-0.15, -0.1) is 0 Å². The van der Waals surface area contributed by atoms with E-state index in [0.717, 1.165) is 41.5 Å². The molecule has 4 rings (SSSR count). The van der Waals surface area contributed by atoms with Gasteiger partial charge in [-0.3, -0.25) is 4.79 Å². The first-order chi connectivity index (χ1) is 14.7. The number of carbonyl (C=O) groups is 1. The molecule has 0 unspecified atom stereocenters. The lowest BCUT2D eigenvalue weighted by Gasteiger charge is -2.31. The number of fused-ring (bicyclic) bond motifs is 1. The number of amides is 1. The molecule has 0 radical (unpaired) electrons. The van der Waals surface area contributed by atoms with E-state index in [1.54, 1.807) is 37.3 Å². The molecule has 3 aromatic rings. The number of anilines is 2. The molecule has 7 nitrogen and oxygen atoms in total. The monoisotopic (exact) mass is 458 g/mol. The molecule has 1 aromatic heterocycles. The summed E-state index contributed by atoms with van der Waals surface area (Å²) in [5.74, 6) is -0.344. The standard InChI is InChI=1S/C22H26N4O3S2/c1-15(2)31(28,29)18-6-4-5-16(13-18)21(27)23-17-7-8-19-20(14-17)30-22(24-19)26-11-9-25(3)10-12-26/h4-8,13-15H,9-12H2,1-3H3,(H,23,27). The van der Waals surface area contributed by atoms with Crippen LogP contribution < -0.4 is 10.2 Å². The first-order valence-electron chi connectivity index (χ1n) is 10.2. The predicted molar refractivity (Wildman–Crippen MR) is 126 cm³/mol. The first kappa shape index (κ1) is 21.7. The van der Waals surface area contributed by atoms with Crippen molar-refractivity contribution in [2.75, 3.05) is 43.4 Å². The molecule has 31 heavy (non-hydrogen) atoms. The molecular formula is C22H26N4O3S2. The van der Waals surface area contributed by atoms with Crippen LogP contribution in [0.15, 0.2) is 47.4 Å². The Morgan fingerprint density at radius 1 is 1.10 bits per heavy atom. The highest BCUT2D eigenvalue weighted by Crippen LogP contribution is 2.31. The van der Waals surface area contributed by atoms with E-state index in [9.17, 15) is 13.2 Å². The van der Waals surface area contributed by atoms with Gasteiger partial charge in [-0.05, 0) is 57.3 Å². The molecule has 164 valence electrons. The number of benzene rings is 2. The lowest BCUT2D eigenvalue weighted by Crippen LogP contribution is -2.44. The molecule has 1 fully saturated rings. The quantitative estimate of drug-likeness (QED) is 0.630. The number of likely N-dealkylation sites (N-methyl/N-ethyl adjacent to an activating group) is 1. The Labute approximate surface area is 186 Å². The average Bonchev–Trinajstić information content (AvgIpc) is 3.17. The van der Waals surface area contributed by atoms with E-state index in [-0.39, 0.29) is 10.8 Å². The molecule has 0 atom stereocenters. The van der Waals surface area contributed by atoms with E-state index in [2.05, 4.69) is 22.2 Å². The Hall–Kier alpha value is -2.49. The number of aromatic nitrogens is 1. The smallest absolute Gasteiger partial charge is 0.255 e. The minimum atomic E-state index is -3.44. The first-order valence-corrected chi connectivity index (χ1v) is 12.6. The van der Waals surface area contributed by atoms with Gasteiger partial charge in [0.15, 0.2) is 15.0 Å². The summed E-state index contributed by atoms with van der Waals surface area (Å²) in [6, 6.07) is 11.8. The van der Waals surface area contributed by atoms with Crippen LogP contribution in [0.25, 0.3) is 10.2 Å². The number of sulfone groups is 1. The molecule has 1 N–H and O–H groups in total. The van der Waals surface area contributed by atoms with Crippen molar-refractivity contribution in [3.63, 3.8) is 0 Å². The van der Waals surface area contributed by atoms with E-state index < -0.39 is 15.1 Å². The van der Waals surface area contributed by atoms with E-state index in [1.165, 1.54) is 12.1 Å². The van der Waals surface area contributed by atoms with Gasteiger partial charge in [0.05, 0.1) is 20.4 Å². The molecule has 1 aliphatic rings. The molecule has 0 aliphatic carbocycles. The summed E-state index contributed by atoms with van der Waals surface area (Å²) < 4.78 is 25.8. The van der Waals surface area contributed by atoms with Crippen molar-refractivity contribution in [1.29, 1.82) is 0 Å². The molecule has 9 heteroatoms. The third-order valence-corrected chi connectivity index (χ3v) is 8.69. The normalized spacial score (nSPS) is 15.5. The van der Waals surface area contributed by atoms with Crippen molar-refractivity contribution in [3.8, 4) is 0 Å². The highest BCUT2D eigenvalue weighted by Gasteiger charge is 2.21. The third-order valence-electron chi connectivity index (χ3n) is 5.45. The maximum atomic E-state index is 12.8. The van der Waals surface area contributed by atoms with E-state index in [1.807, 2.05) is 18.2 Å². The fourth-order valence-corrected chi connectivity index (χ4v) is 5.57. The van der Waals surface area contributed by atoms with Crippen molar-refractivity contribution in [3.05, 3.63) is 48.0 Å². The number of piperazine rings is 1. The van der Waals surface area contributed by atoms with Crippen molar-refractivity contribution >= 4 is 48.1 Å². The molecule has 0 saturated carbocycles. The molecule has 0 spiro atoms. The number of hydrogen-bond donors (Lipinski definition) is 1. The van der Waals surface area contributed by atoms with Crippen LogP contribution in [0, 0.1) is 0 Å². The highest BCUT2D eigenvalue weighted by molar-refractivity contribution is 7.92. The van der Waals surface area contributed by atoms with Crippen LogP contribution in [0.2, 0.25) is 0 Å². The van der Waals surface area contributed by atoms with E-state index >= 15 is 0 Å². The van der Waals surface area contributed by atoms with Crippen LogP contribution in [0.3, 0.4) is 0 Å². The number of nitrogens with zero attached hydrogens (tertiary/aromatic N) is 3. The number of hydrogen-bond acceptors (Lipinski definition) is 7. The Morgan fingerprint density at radius 2 is 1.84 bits per heavy atom. The topological polar surface area (TPSA) is 82.6 Å². The van der Waals surface area contributed by atoms with Gasteiger partial charge in [-0.1, -0.05) is 17.4 Å². The Morgan fingerprint density at radius 3 is 2.55 bits per heavy atom. The van der Waals surface area contributed by atoms with Crippen molar-refractivity contribution in [2.24, 2.45) is 0 Å². The van der Waals surface area contributed by atoms with Crippen LogP contribution in [0.1, 0.15) is 24.2 Å². The van der Waals surface area contributed by atoms with Crippen LogP contribution in [-0.2, 0) is 9.84 Å². The summed E-state index contributed by atoms with van der Waals surface area (Å²) >= 11 is 1.62. The summed E-state index contributed by atoms with van der Waals surface area (Å²) in [6.45, 7) is 7.20. The molecule has 0 bridgehead atoms.